The lowest BCUT2D eigenvalue weighted by atomic mass is 9.98. The number of Topliss-reactive ketones (excluding diaryl/α,β-unsaturated/α-hetero) is 1. The zero-order chi connectivity index (χ0) is 15.8. The topological polar surface area (TPSA) is 69.7 Å². The number of rotatable bonds is 7. The molecule has 1 aromatic rings. The van der Waals surface area contributed by atoms with Crippen LogP contribution in [0, 0.1) is 5.92 Å². The summed E-state index contributed by atoms with van der Waals surface area (Å²) < 4.78 is 10.5. The maximum absolute atomic E-state index is 12.2. The van der Waals surface area contributed by atoms with E-state index in [0.717, 1.165) is 4.47 Å². The van der Waals surface area contributed by atoms with E-state index in [1.807, 2.05) is 0 Å². The molecule has 0 saturated heterocycles. The minimum atomic E-state index is -1.22. The monoisotopic (exact) mass is 356 g/mol. The van der Waals surface area contributed by atoms with Crippen molar-refractivity contribution in [2.75, 3.05) is 13.2 Å². The smallest absolute Gasteiger partial charge is 0.320 e. The summed E-state index contributed by atoms with van der Waals surface area (Å²) in [7, 11) is 0. The number of ketones is 1. The maximum atomic E-state index is 12.2. The molecule has 0 atom stereocenters. The molecule has 21 heavy (non-hydrogen) atoms. The van der Waals surface area contributed by atoms with Gasteiger partial charge in [0.15, 0.2) is 11.7 Å². The van der Waals surface area contributed by atoms with Gasteiger partial charge in [0.2, 0.25) is 0 Å². The van der Waals surface area contributed by atoms with E-state index in [1.54, 1.807) is 38.1 Å². The molecule has 0 aliphatic rings. The van der Waals surface area contributed by atoms with Crippen LogP contribution in [0.25, 0.3) is 0 Å². The molecule has 6 heteroatoms. The summed E-state index contributed by atoms with van der Waals surface area (Å²) in [5, 5.41) is 0. The lowest BCUT2D eigenvalue weighted by Gasteiger charge is -2.13. The minimum Gasteiger partial charge on any atom is -0.465 e. The molecule has 0 radical (unpaired) electrons. The van der Waals surface area contributed by atoms with Crippen molar-refractivity contribution < 1.29 is 23.9 Å². The number of carbonyl (C=O) groups is 3. The van der Waals surface area contributed by atoms with E-state index in [0.29, 0.717) is 5.56 Å². The van der Waals surface area contributed by atoms with Gasteiger partial charge in [-0.2, -0.15) is 0 Å². The van der Waals surface area contributed by atoms with E-state index in [9.17, 15) is 14.4 Å². The molecule has 0 N–H and O–H groups in total. The summed E-state index contributed by atoms with van der Waals surface area (Å²) in [4.78, 5) is 35.7. The van der Waals surface area contributed by atoms with Crippen LogP contribution in [-0.4, -0.2) is 30.9 Å². The van der Waals surface area contributed by atoms with Crippen molar-refractivity contribution in [3.63, 3.8) is 0 Å². The summed E-state index contributed by atoms with van der Waals surface area (Å²) >= 11 is 3.27. The largest absolute Gasteiger partial charge is 0.465 e. The summed E-state index contributed by atoms with van der Waals surface area (Å²) in [5.74, 6) is -3.00. The Hall–Kier alpha value is -1.69. The zero-order valence-corrected chi connectivity index (χ0v) is 13.5. The second-order valence-corrected chi connectivity index (χ2v) is 5.11. The molecule has 1 rings (SSSR count). The average molecular weight is 357 g/mol. The third-order valence-electron chi connectivity index (χ3n) is 2.70. The first-order chi connectivity index (χ1) is 9.99. The molecule has 0 aliphatic carbocycles. The van der Waals surface area contributed by atoms with Crippen LogP contribution in [0.15, 0.2) is 28.7 Å². The predicted molar refractivity (Wildman–Crippen MR) is 79.8 cm³/mol. The third-order valence-corrected chi connectivity index (χ3v) is 3.23. The van der Waals surface area contributed by atoms with Gasteiger partial charge in [0.05, 0.1) is 13.2 Å². The quantitative estimate of drug-likeness (QED) is 0.426. The van der Waals surface area contributed by atoms with Crippen LogP contribution in [0.3, 0.4) is 0 Å². The predicted octanol–water partition coefficient (Wildman–Crippen LogP) is 2.76. The molecule has 0 heterocycles. The van der Waals surface area contributed by atoms with Crippen molar-refractivity contribution in [3.8, 4) is 0 Å². The molecular weight excluding hydrogens is 340 g/mol. The second-order valence-electron chi connectivity index (χ2n) is 4.19. The van der Waals surface area contributed by atoms with Crippen LogP contribution >= 0.6 is 15.9 Å². The van der Waals surface area contributed by atoms with Crippen molar-refractivity contribution in [3.05, 3.63) is 34.3 Å². The number of hydrogen-bond donors (Lipinski definition) is 0. The SMILES string of the molecule is CCOC(=O)C(CC(=O)c1ccc(Br)cc1)C(=O)OCC. The standard InChI is InChI=1S/C15H17BrO5/c1-3-20-14(18)12(15(19)21-4-2)9-13(17)10-5-7-11(16)8-6-10/h5-8,12H,3-4,9H2,1-2H3. The number of benzene rings is 1. The highest BCUT2D eigenvalue weighted by atomic mass is 79.9. The van der Waals surface area contributed by atoms with Crippen molar-refractivity contribution in [2.45, 2.75) is 20.3 Å². The van der Waals surface area contributed by atoms with E-state index in [1.165, 1.54) is 0 Å². The third kappa shape index (κ3) is 5.30. The highest BCUT2D eigenvalue weighted by Gasteiger charge is 2.32. The Morgan fingerprint density at radius 1 is 1.00 bits per heavy atom. The Morgan fingerprint density at radius 3 is 1.90 bits per heavy atom. The molecule has 0 bridgehead atoms. The number of esters is 2. The number of carbonyl (C=O) groups excluding carboxylic acids is 3. The van der Waals surface area contributed by atoms with Gasteiger partial charge in [-0.1, -0.05) is 28.1 Å². The van der Waals surface area contributed by atoms with Gasteiger partial charge in [0.25, 0.3) is 0 Å². The van der Waals surface area contributed by atoms with Crippen LogP contribution in [0.5, 0.6) is 0 Å². The normalized spacial score (nSPS) is 10.3. The zero-order valence-electron chi connectivity index (χ0n) is 11.9. The Bertz CT molecular complexity index is 491. The number of halogens is 1. The van der Waals surface area contributed by atoms with Gasteiger partial charge >= 0.3 is 11.9 Å². The van der Waals surface area contributed by atoms with Gasteiger partial charge in [-0.15, -0.1) is 0 Å². The van der Waals surface area contributed by atoms with Crippen LogP contribution in [0.2, 0.25) is 0 Å². The Kier molecular flexibility index (Phi) is 7.08. The Morgan fingerprint density at radius 2 is 1.48 bits per heavy atom. The molecule has 0 aliphatic heterocycles. The molecular formula is C15H17BrO5. The fourth-order valence-corrected chi connectivity index (χ4v) is 1.95. The summed E-state index contributed by atoms with van der Waals surface area (Å²) in [6.45, 7) is 3.55. The van der Waals surface area contributed by atoms with Gasteiger partial charge in [0.1, 0.15) is 0 Å². The molecule has 114 valence electrons. The molecule has 0 unspecified atom stereocenters. The lowest BCUT2D eigenvalue weighted by Crippen LogP contribution is -2.30. The van der Waals surface area contributed by atoms with Crippen molar-refractivity contribution >= 4 is 33.7 Å². The maximum Gasteiger partial charge on any atom is 0.320 e. The van der Waals surface area contributed by atoms with Crippen molar-refractivity contribution in [1.82, 2.24) is 0 Å². The van der Waals surface area contributed by atoms with E-state index in [2.05, 4.69) is 15.9 Å². The summed E-state index contributed by atoms with van der Waals surface area (Å²) in [6.07, 6.45) is -0.265. The van der Waals surface area contributed by atoms with Crippen molar-refractivity contribution in [1.29, 1.82) is 0 Å². The molecule has 0 saturated carbocycles. The Balaban J connectivity index is 2.84. The van der Waals surface area contributed by atoms with Gasteiger partial charge in [-0.3, -0.25) is 14.4 Å². The highest BCUT2D eigenvalue weighted by Crippen LogP contribution is 2.16. The molecule has 0 spiro atoms. The van der Waals surface area contributed by atoms with E-state index in [4.69, 9.17) is 9.47 Å². The van der Waals surface area contributed by atoms with E-state index in [-0.39, 0.29) is 25.4 Å². The van der Waals surface area contributed by atoms with Crippen LogP contribution in [-0.2, 0) is 19.1 Å². The molecule has 0 fully saturated rings. The molecule has 0 amide bonds. The van der Waals surface area contributed by atoms with E-state index < -0.39 is 17.9 Å². The summed E-state index contributed by atoms with van der Waals surface area (Å²) in [5.41, 5.74) is 0.428. The van der Waals surface area contributed by atoms with Crippen molar-refractivity contribution in [2.24, 2.45) is 5.92 Å². The van der Waals surface area contributed by atoms with Crippen LogP contribution in [0.1, 0.15) is 30.6 Å². The van der Waals surface area contributed by atoms with Crippen LogP contribution < -0.4 is 0 Å². The minimum absolute atomic E-state index is 0.140. The van der Waals surface area contributed by atoms with Gasteiger partial charge < -0.3 is 9.47 Å². The fraction of sp³-hybridized carbons (Fsp3) is 0.400. The first-order valence-corrected chi connectivity index (χ1v) is 7.40. The fourth-order valence-electron chi connectivity index (χ4n) is 1.69. The highest BCUT2D eigenvalue weighted by molar-refractivity contribution is 9.10. The van der Waals surface area contributed by atoms with Crippen LogP contribution in [0.4, 0.5) is 0 Å². The number of ether oxygens (including phenoxy) is 2. The Labute approximate surface area is 131 Å². The second kappa shape index (κ2) is 8.56. The molecule has 5 nitrogen and oxygen atoms in total. The number of hydrogen-bond acceptors (Lipinski definition) is 5. The molecule has 1 aromatic carbocycles. The average Bonchev–Trinajstić information content (AvgIpc) is 2.45. The van der Waals surface area contributed by atoms with Gasteiger partial charge in [0, 0.05) is 16.5 Å². The first kappa shape index (κ1) is 17.4. The molecule has 0 aromatic heterocycles. The lowest BCUT2D eigenvalue weighted by molar-refractivity contribution is -0.161. The summed E-state index contributed by atoms with van der Waals surface area (Å²) in [6, 6.07) is 6.69. The van der Waals surface area contributed by atoms with Gasteiger partial charge in [-0.05, 0) is 26.0 Å². The van der Waals surface area contributed by atoms with Gasteiger partial charge in [-0.25, -0.2) is 0 Å². The first-order valence-electron chi connectivity index (χ1n) is 6.61. The van der Waals surface area contributed by atoms with E-state index >= 15 is 0 Å².